The van der Waals surface area contributed by atoms with Crippen molar-refractivity contribution in [1.29, 1.82) is 0 Å². The molecule has 0 aliphatic carbocycles. The topological polar surface area (TPSA) is 69.0 Å². The Kier molecular flexibility index (Phi) is 8.75. The molecule has 1 unspecified atom stereocenters. The number of nitrogens with zero attached hydrogens (tertiary/aromatic N) is 1. The molecular formula is C17H25NO5. The second-order valence-electron chi connectivity index (χ2n) is 5.11. The molecule has 0 saturated heterocycles. The van der Waals surface area contributed by atoms with E-state index in [1.165, 1.54) is 13.2 Å². The molecule has 1 heterocycles. The van der Waals surface area contributed by atoms with Gasteiger partial charge < -0.3 is 18.8 Å². The van der Waals surface area contributed by atoms with Gasteiger partial charge in [-0.2, -0.15) is 0 Å². The van der Waals surface area contributed by atoms with E-state index in [1.807, 2.05) is 6.92 Å². The molecule has 0 aromatic carbocycles. The van der Waals surface area contributed by atoms with Crippen molar-refractivity contribution in [1.82, 2.24) is 4.90 Å². The number of esters is 1. The lowest BCUT2D eigenvalue weighted by Crippen LogP contribution is -2.37. The van der Waals surface area contributed by atoms with Crippen molar-refractivity contribution in [3.05, 3.63) is 30.2 Å². The van der Waals surface area contributed by atoms with E-state index in [2.05, 4.69) is 0 Å². The Labute approximate surface area is 137 Å². The summed E-state index contributed by atoms with van der Waals surface area (Å²) in [5, 5.41) is 0. The molecule has 0 spiro atoms. The predicted octanol–water partition coefficient (Wildman–Crippen LogP) is 2.36. The molecule has 1 amide bonds. The normalized spacial score (nSPS) is 12.3. The lowest BCUT2D eigenvalue weighted by atomic mass is 10.1. The Morgan fingerprint density at radius 2 is 2.22 bits per heavy atom. The van der Waals surface area contributed by atoms with Crippen LogP contribution in [-0.4, -0.2) is 50.2 Å². The highest BCUT2D eigenvalue weighted by atomic mass is 16.5. The lowest BCUT2D eigenvalue weighted by Gasteiger charge is -2.23. The number of carbonyl (C=O) groups is 2. The van der Waals surface area contributed by atoms with Crippen LogP contribution in [0.5, 0.6) is 0 Å². The van der Waals surface area contributed by atoms with Crippen molar-refractivity contribution in [2.75, 3.05) is 33.4 Å². The maximum atomic E-state index is 12.4. The van der Waals surface area contributed by atoms with Gasteiger partial charge in [-0.1, -0.05) is 6.92 Å². The molecule has 1 rings (SSSR count). The summed E-state index contributed by atoms with van der Waals surface area (Å²) in [7, 11) is 1.34. The Bertz CT molecular complexity index is 495. The average Bonchev–Trinajstić information content (AvgIpc) is 3.07. The number of ether oxygens (including phenoxy) is 2. The van der Waals surface area contributed by atoms with E-state index < -0.39 is 0 Å². The SMILES string of the molecule is CCOCCCN(CC(C)C(=O)OC)C(=O)/C=C/c1ccco1. The van der Waals surface area contributed by atoms with Crippen LogP contribution in [0.25, 0.3) is 6.08 Å². The molecule has 1 aromatic heterocycles. The van der Waals surface area contributed by atoms with Crippen molar-refractivity contribution in [3.63, 3.8) is 0 Å². The van der Waals surface area contributed by atoms with Crippen LogP contribution < -0.4 is 0 Å². The van der Waals surface area contributed by atoms with Crippen molar-refractivity contribution in [2.45, 2.75) is 20.3 Å². The molecule has 128 valence electrons. The minimum atomic E-state index is -0.381. The monoisotopic (exact) mass is 323 g/mol. The lowest BCUT2D eigenvalue weighted by molar-refractivity contribution is -0.146. The molecule has 0 aliphatic rings. The van der Waals surface area contributed by atoms with Crippen LogP contribution in [0.4, 0.5) is 0 Å². The molecule has 6 nitrogen and oxygen atoms in total. The predicted molar refractivity (Wildman–Crippen MR) is 86.6 cm³/mol. The zero-order valence-corrected chi connectivity index (χ0v) is 14.0. The summed E-state index contributed by atoms with van der Waals surface area (Å²) in [4.78, 5) is 25.6. The average molecular weight is 323 g/mol. The maximum absolute atomic E-state index is 12.4. The molecular weight excluding hydrogens is 298 g/mol. The van der Waals surface area contributed by atoms with E-state index >= 15 is 0 Å². The molecule has 6 heteroatoms. The molecule has 0 bridgehead atoms. The van der Waals surface area contributed by atoms with E-state index in [1.54, 1.807) is 36.3 Å². The number of rotatable bonds is 10. The summed E-state index contributed by atoms with van der Waals surface area (Å²) in [6, 6.07) is 3.52. The van der Waals surface area contributed by atoms with Gasteiger partial charge in [-0.25, -0.2) is 0 Å². The van der Waals surface area contributed by atoms with Crippen LogP contribution in [-0.2, 0) is 19.1 Å². The first-order valence-electron chi connectivity index (χ1n) is 7.74. The van der Waals surface area contributed by atoms with E-state index in [0.29, 0.717) is 38.5 Å². The van der Waals surface area contributed by atoms with Gasteiger partial charge in [-0.15, -0.1) is 0 Å². The molecule has 0 N–H and O–H groups in total. The number of carbonyl (C=O) groups excluding carboxylic acids is 2. The van der Waals surface area contributed by atoms with Crippen molar-refractivity contribution >= 4 is 18.0 Å². The first-order valence-corrected chi connectivity index (χ1v) is 7.74. The third-order valence-electron chi connectivity index (χ3n) is 3.26. The maximum Gasteiger partial charge on any atom is 0.310 e. The smallest absolute Gasteiger partial charge is 0.310 e. The molecule has 1 aromatic rings. The van der Waals surface area contributed by atoms with Crippen LogP contribution in [0.2, 0.25) is 0 Å². The quantitative estimate of drug-likeness (QED) is 0.375. The van der Waals surface area contributed by atoms with Crippen LogP contribution in [0.3, 0.4) is 0 Å². The van der Waals surface area contributed by atoms with Gasteiger partial charge in [0, 0.05) is 32.4 Å². The fourth-order valence-electron chi connectivity index (χ4n) is 2.04. The minimum absolute atomic E-state index is 0.173. The second-order valence-corrected chi connectivity index (χ2v) is 5.11. The summed E-state index contributed by atoms with van der Waals surface area (Å²) < 4.78 is 15.2. The first-order chi connectivity index (χ1) is 11.1. The largest absolute Gasteiger partial charge is 0.469 e. The zero-order chi connectivity index (χ0) is 17.1. The fourth-order valence-corrected chi connectivity index (χ4v) is 2.04. The van der Waals surface area contributed by atoms with Gasteiger partial charge in [0.25, 0.3) is 0 Å². The second kappa shape index (κ2) is 10.6. The summed E-state index contributed by atoms with van der Waals surface area (Å²) in [5.41, 5.74) is 0. The Balaban J connectivity index is 2.64. The summed E-state index contributed by atoms with van der Waals surface area (Å²) in [5.74, 6) is -0.280. The van der Waals surface area contributed by atoms with E-state index in [0.717, 1.165) is 0 Å². The molecule has 0 aliphatic heterocycles. The minimum Gasteiger partial charge on any atom is -0.469 e. The van der Waals surface area contributed by atoms with Crippen molar-refractivity contribution in [3.8, 4) is 0 Å². The number of methoxy groups -OCH3 is 1. The summed E-state index contributed by atoms with van der Waals surface area (Å²) in [6.07, 6.45) is 5.32. The molecule has 23 heavy (non-hydrogen) atoms. The van der Waals surface area contributed by atoms with Crippen LogP contribution in [0, 0.1) is 5.92 Å². The van der Waals surface area contributed by atoms with Gasteiger partial charge >= 0.3 is 5.97 Å². The third kappa shape index (κ3) is 7.15. The molecule has 1 atom stereocenters. The Hall–Kier alpha value is -2.08. The molecule has 0 radical (unpaired) electrons. The van der Waals surface area contributed by atoms with Gasteiger partial charge in [0.15, 0.2) is 0 Å². The zero-order valence-electron chi connectivity index (χ0n) is 14.0. The highest BCUT2D eigenvalue weighted by molar-refractivity contribution is 5.91. The highest BCUT2D eigenvalue weighted by Crippen LogP contribution is 2.07. The van der Waals surface area contributed by atoms with Crippen LogP contribution in [0.1, 0.15) is 26.0 Å². The van der Waals surface area contributed by atoms with E-state index in [9.17, 15) is 9.59 Å². The van der Waals surface area contributed by atoms with Crippen LogP contribution >= 0.6 is 0 Å². The number of hydrogen-bond donors (Lipinski definition) is 0. The fraction of sp³-hybridized carbons (Fsp3) is 0.529. The number of amides is 1. The van der Waals surface area contributed by atoms with Crippen molar-refractivity contribution in [2.24, 2.45) is 5.92 Å². The van der Waals surface area contributed by atoms with Gasteiger partial charge in [0.05, 0.1) is 19.3 Å². The van der Waals surface area contributed by atoms with Gasteiger partial charge in [-0.3, -0.25) is 9.59 Å². The van der Waals surface area contributed by atoms with E-state index in [4.69, 9.17) is 13.9 Å². The van der Waals surface area contributed by atoms with E-state index in [-0.39, 0.29) is 17.8 Å². The highest BCUT2D eigenvalue weighted by Gasteiger charge is 2.20. The Morgan fingerprint density at radius 1 is 1.43 bits per heavy atom. The third-order valence-corrected chi connectivity index (χ3v) is 3.26. The summed E-state index contributed by atoms with van der Waals surface area (Å²) >= 11 is 0. The summed E-state index contributed by atoms with van der Waals surface area (Å²) in [6.45, 7) is 5.71. The van der Waals surface area contributed by atoms with Gasteiger partial charge in [0.2, 0.25) is 5.91 Å². The Morgan fingerprint density at radius 3 is 2.83 bits per heavy atom. The van der Waals surface area contributed by atoms with Gasteiger partial charge in [-0.05, 0) is 31.6 Å². The molecule has 0 fully saturated rings. The number of furan rings is 1. The number of hydrogen-bond acceptors (Lipinski definition) is 5. The standard InChI is InChI=1S/C17H25NO5/c1-4-22-11-6-10-18(13-14(2)17(20)21-3)16(19)9-8-15-7-5-12-23-15/h5,7-9,12,14H,4,6,10-11,13H2,1-3H3/b9-8+. The first kappa shape index (κ1) is 19.0. The van der Waals surface area contributed by atoms with Crippen LogP contribution in [0.15, 0.2) is 28.9 Å². The van der Waals surface area contributed by atoms with Gasteiger partial charge in [0.1, 0.15) is 5.76 Å². The molecule has 0 saturated carbocycles. The van der Waals surface area contributed by atoms with Crippen molar-refractivity contribution < 1.29 is 23.5 Å².